The lowest BCUT2D eigenvalue weighted by Crippen LogP contribution is -2.41. The quantitative estimate of drug-likeness (QED) is 0.736. The van der Waals surface area contributed by atoms with E-state index in [1.165, 1.54) is 6.07 Å². The maximum atomic E-state index is 14.0. The van der Waals surface area contributed by atoms with Crippen LogP contribution in [0, 0.1) is 24.5 Å². The number of hydrogen-bond acceptors (Lipinski definition) is 5. The minimum Gasteiger partial charge on any atom is -0.338 e. The Morgan fingerprint density at radius 2 is 2.18 bits per heavy atom. The monoisotopic (exact) mass is 388 g/mol. The Hall–Kier alpha value is -3.17. The topological polar surface area (TPSA) is 96.8 Å². The highest BCUT2D eigenvalue weighted by atomic mass is 19.1. The molecule has 10 heteroatoms. The Bertz CT molecular complexity index is 1110. The van der Waals surface area contributed by atoms with Crippen molar-refractivity contribution in [1.29, 1.82) is 0 Å². The lowest BCUT2D eigenvalue weighted by atomic mass is 9.97. The van der Waals surface area contributed by atoms with Gasteiger partial charge in [0.1, 0.15) is 17.5 Å². The molecule has 1 saturated heterocycles. The molecule has 1 aromatic carbocycles. The molecular weight excluding hydrogens is 370 g/mol. The number of likely N-dealkylation sites (tertiary alicyclic amines) is 1. The zero-order valence-corrected chi connectivity index (χ0v) is 15.2. The number of nitrogens with one attached hydrogen (secondary N) is 1. The van der Waals surface area contributed by atoms with Crippen molar-refractivity contribution >= 4 is 17.1 Å². The summed E-state index contributed by atoms with van der Waals surface area (Å²) in [5, 5.41) is 7.91. The Labute approximate surface area is 158 Å². The Balaban J connectivity index is 1.53. The van der Waals surface area contributed by atoms with Gasteiger partial charge in [0.15, 0.2) is 11.2 Å². The van der Waals surface area contributed by atoms with E-state index in [0.29, 0.717) is 37.2 Å². The lowest BCUT2D eigenvalue weighted by Gasteiger charge is -2.32. The SMILES string of the molecule is Cc1nc2c(nnn2C[C@@H]2CCCN(C(=O)c3ccc(F)cc3F)C2)c(=O)[nH]1. The van der Waals surface area contributed by atoms with Gasteiger partial charge in [-0.1, -0.05) is 5.21 Å². The fourth-order valence-electron chi connectivity index (χ4n) is 3.58. The molecule has 3 heterocycles. The minimum absolute atomic E-state index is 0.0486. The maximum Gasteiger partial charge on any atom is 0.281 e. The Morgan fingerprint density at radius 1 is 1.36 bits per heavy atom. The highest BCUT2D eigenvalue weighted by molar-refractivity contribution is 5.94. The summed E-state index contributed by atoms with van der Waals surface area (Å²) < 4.78 is 28.6. The van der Waals surface area contributed by atoms with E-state index in [2.05, 4.69) is 20.3 Å². The average Bonchev–Trinajstić information content (AvgIpc) is 3.04. The van der Waals surface area contributed by atoms with Gasteiger partial charge in [0.25, 0.3) is 11.5 Å². The third-order valence-corrected chi connectivity index (χ3v) is 4.89. The van der Waals surface area contributed by atoms with Crippen LogP contribution >= 0.6 is 0 Å². The van der Waals surface area contributed by atoms with Crippen LogP contribution in [0.25, 0.3) is 11.2 Å². The number of aryl methyl sites for hydroxylation is 1. The highest BCUT2D eigenvalue weighted by Crippen LogP contribution is 2.22. The van der Waals surface area contributed by atoms with Gasteiger partial charge < -0.3 is 9.88 Å². The molecule has 0 aliphatic carbocycles. The van der Waals surface area contributed by atoms with Gasteiger partial charge in [-0.05, 0) is 37.8 Å². The first-order valence-corrected chi connectivity index (χ1v) is 8.97. The molecule has 8 nitrogen and oxygen atoms in total. The lowest BCUT2D eigenvalue weighted by molar-refractivity contribution is 0.0655. The molecule has 4 rings (SSSR count). The molecule has 28 heavy (non-hydrogen) atoms. The molecule has 1 amide bonds. The standard InChI is InChI=1S/C18H18F2N6O2/c1-10-21-16-15(17(27)22-10)23-24-26(16)9-11-3-2-6-25(8-11)18(28)13-5-4-12(19)7-14(13)20/h4-5,7,11H,2-3,6,8-9H2,1H3,(H,21,22,27)/t11-/m1/s1. The van der Waals surface area contributed by atoms with Gasteiger partial charge in [-0.2, -0.15) is 0 Å². The van der Waals surface area contributed by atoms with Gasteiger partial charge in [-0.25, -0.2) is 18.4 Å². The number of H-pyrrole nitrogens is 1. The molecule has 0 bridgehead atoms. The molecule has 0 saturated carbocycles. The molecule has 1 N–H and O–H groups in total. The summed E-state index contributed by atoms with van der Waals surface area (Å²) in [5.74, 6) is -1.54. The summed E-state index contributed by atoms with van der Waals surface area (Å²) in [4.78, 5) is 33.0. The predicted octanol–water partition coefficient (Wildman–Crippen LogP) is 1.65. The maximum absolute atomic E-state index is 14.0. The number of aromatic nitrogens is 5. The number of carbonyl (C=O) groups excluding carboxylic acids is 1. The van der Waals surface area contributed by atoms with Crippen molar-refractivity contribution in [1.82, 2.24) is 29.9 Å². The van der Waals surface area contributed by atoms with Crippen LogP contribution in [0.4, 0.5) is 8.78 Å². The summed E-state index contributed by atoms with van der Waals surface area (Å²) in [6, 6.07) is 2.95. The summed E-state index contributed by atoms with van der Waals surface area (Å²) in [6.07, 6.45) is 1.60. The van der Waals surface area contributed by atoms with E-state index in [1.807, 2.05) is 0 Å². The van der Waals surface area contributed by atoms with Crippen LogP contribution in [0.15, 0.2) is 23.0 Å². The van der Waals surface area contributed by atoms with Crippen molar-refractivity contribution < 1.29 is 13.6 Å². The molecule has 1 fully saturated rings. The van der Waals surface area contributed by atoms with E-state index in [-0.39, 0.29) is 22.6 Å². The number of nitrogens with zero attached hydrogens (tertiary/aromatic N) is 5. The second-order valence-corrected chi connectivity index (χ2v) is 6.98. The average molecular weight is 388 g/mol. The first-order chi connectivity index (χ1) is 13.4. The van der Waals surface area contributed by atoms with E-state index in [9.17, 15) is 18.4 Å². The molecule has 2 aromatic heterocycles. The predicted molar refractivity (Wildman–Crippen MR) is 95.7 cm³/mol. The second kappa shape index (κ2) is 7.10. The fraction of sp³-hybridized carbons (Fsp3) is 0.389. The van der Waals surface area contributed by atoms with E-state index < -0.39 is 17.5 Å². The van der Waals surface area contributed by atoms with Crippen molar-refractivity contribution in [2.45, 2.75) is 26.3 Å². The molecular formula is C18H18F2N6O2. The fourth-order valence-corrected chi connectivity index (χ4v) is 3.58. The highest BCUT2D eigenvalue weighted by Gasteiger charge is 2.27. The number of halogens is 2. The molecule has 0 spiro atoms. The van der Waals surface area contributed by atoms with E-state index in [1.54, 1.807) is 16.5 Å². The van der Waals surface area contributed by atoms with E-state index in [0.717, 1.165) is 18.9 Å². The normalized spacial score (nSPS) is 17.2. The van der Waals surface area contributed by atoms with E-state index >= 15 is 0 Å². The zero-order valence-electron chi connectivity index (χ0n) is 15.2. The van der Waals surface area contributed by atoms with Crippen LogP contribution in [0.2, 0.25) is 0 Å². The van der Waals surface area contributed by atoms with Crippen molar-refractivity contribution in [2.75, 3.05) is 13.1 Å². The third kappa shape index (κ3) is 3.37. The van der Waals surface area contributed by atoms with Crippen LogP contribution in [0.1, 0.15) is 29.0 Å². The summed E-state index contributed by atoms with van der Waals surface area (Å²) in [5.41, 5.74) is 0.0788. The first kappa shape index (κ1) is 18.2. The third-order valence-electron chi connectivity index (χ3n) is 4.89. The summed E-state index contributed by atoms with van der Waals surface area (Å²) in [7, 11) is 0. The van der Waals surface area contributed by atoms with Crippen LogP contribution in [0.3, 0.4) is 0 Å². The number of carbonyl (C=O) groups is 1. The van der Waals surface area contributed by atoms with Crippen LogP contribution in [-0.4, -0.2) is 48.9 Å². The van der Waals surface area contributed by atoms with Crippen molar-refractivity contribution in [3.05, 3.63) is 51.6 Å². The molecule has 3 aromatic rings. The molecule has 1 aliphatic rings. The largest absolute Gasteiger partial charge is 0.338 e. The summed E-state index contributed by atoms with van der Waals surface area (Å²) >= 11 is 0. The number of rotatable bonds is 3. The van der Waals surface area contributed by atoms with Gasteiger partial charge in [-0.3, -0.25) is 9.59 Å². The van der Waals surface area contributed by atoms with E-state index in [4.69, 9.17) is 0 Å². The van der Waals surface area contributed by atoms with Gasteiger partial charge >= 0.3 is 0 Å². The van der Waals surface area contributed by atoms with Crippen LogP contribution in [-0.2, 0) is 6.54 Å². The van der Waals surface area contributed by atoms with Crippen molar-refractivity contribution in [3.63, 3.8) is 0 Å². The van der Waals surface area contributed by atoms with Crippen molar-refractivity contribution in [3.8, 4) is 0 Å². The summed E-state index contributed by atoms with van der Waals surface area (Å²) in [6.45, 7) is 3.01. The molecule has 146 valence electrons. The molecule has 1 atom stereocenters. The van der Waals surface area contributed by atoms with Crippen molar-refractivity contribution in [2.24, 2.45) is 5.92 Å². The number of benzene rings is 1. The minimum atomic E-state index is -0.867. The molecule has 0 unspecified atom stereocenters. The Kier molecular flexibility index (Phi) is 4.62. The number of amides is 1. The van der Waals surface area contributed by atoms with Gasteiger partial charge in [0, 0.05) is 25.7 Å². The number of aromatic amines is 1. The van der Waals surface area contributed by atoms with Gasteiger partial charge in [0.2, 0.25) is 0 Å². The number of piperidine rings is 1. The van der Waals surface area contributed by atoms with Gasteiger partial charge in [-0.15, -0.1) is 5.10 Å². The second-order valence-electron chi connectivity index (χ2n) is 6.98. The molecule has 0 radical (unpaired) electrons. The Morgan fingerprint density at radius 3 is 2.96 bits per heavy atom. The van der Waals surface area contributed by atoms with Crippen LogP contribution in [0.5, 0.6) is 0 Å². The molecule has 1 aliphatic heterocycles. The van der Waals surface area contributed by atoms with Crippen LogP contribution < -0.4 is 5.56 Å². The van der Waals surface area contributed by atoms with Gasteiger partial charge in [0.05, 0.1) is 5.56 Å². The smallest absolute Gasteiger partial charge is 0.281 e. The number of fused-ring (bicyclic) bond motifs is 1. The first-order valence-electron chi connectivity index (χ1n) is 8.97. The number of hydrogen-bond donors (Lipinski definition) is 1. The zero-order chi connectivity index (χ0) is 19.8.